The molecule has 0 amide bonds. The molecule has 1 rings (SSSR count). The van der Waals surface area contributed by atoms with Gasteiger partial charge < -0.3 is 25.1 Å². The van der Waals surface area contributed by atoms with Crippen molar-refractivity contribution in [3.63, 3.8) is 0 Å². The Hall–Kier alpha value is -1.46. The second-order valence-electron chi connectivity index (χ2n) is 3.99. The number of aliphatic hydroxyl groups is 1. The number of methoxy groups -OCH3 is 3. The number of hydrogen-bond donors (Lipinski definition) is 2. The standard InChI is InChI=1S/C12H19NO4/c1-12(13,7-14)8-5-9(15-2)11(17-4)10(6-8)16-3/h5-6,14H,7,13H2,1-4H3. The van der Waals surface area contributed by atoms with E-state index >= 15 is 0 Å². The highest BCUT2D eigenvalue weighted by atomic mass is 16.5. The lowest BCUT2D eigenvalue weighted by atomic mass is 9.93. The van der Waals surface area contributed by atoms with Gasteiger partial charge in [-0.2, -0.15) is 0 Å². The Morgan fingerprint density at radius 3 is 1.88 bits per heavy atom. The molecule has 1 unspecified atom stereocenters. The summed E-state index contributed by atoms with van der Waals surface area (Å²) in [6.07, 6.45) is 0. The molecule has 17 heavy (non-hydrogen) atoms. The molecule has 0 saturated carbocycles. The Morgan fingerprint density at radius 2 is 1.59 bits per heavy atom. The van der Waals surface area contributed by atoms with Crippen molar-refractivity contribution in [1.82, 2.24) is 0 Å². The molecule has 0 spiro atoms. The molecule has 1 atom stereocenters. The van der Waals surface area contributed by atoms with Gasteiger partial charge in [-0.15, -0.1) is 0 Å². The van der Waals surface area contributed by atoms with E-state index in [1.54, 1.807) is 19.1 Å². The third-order valence-corrected chi connectivity index (χ3v) is 2.65. The van der Waals surface area contributed by atoms with E-state index in [0.29, 0.717) is 17.2 Å². The minimum atomic E-state index is -0.854. The molecule has 0 aliphatic rings. The molecule has 3 N–H and O–H groups in total. The molecule has 0 fully saturated rings. The molecule has 0 radical (unpaired) electrons. The molecule has 5 heteroatoms. The fraction of sp³-hybridized carbons (Fsp3) is 0.500. The zero-order valence-corrected chi connectivity index (χ0v) is 10.6. The van der Waals surface area contributed by atoms with Crippen molar-refractivity contribution in [2.24, 2.45) is 5.73 Å². The molecule has 0 aliphatic heterocycles. The maximum atomic E-state index is 9.26. The number of rotatable bonds is 5. The molecule has 0 aliphatic carbocycles. The minimum Gasteiger partial charge on any atom is -0.493 e. The van der Waals surface area contributed by atoms with Gasteiger partial charge in [-0.1, -0.05) is 0 Å². The van der Waals surface area contributed by atoms with E-state index in [1.165, 1.54) is 21.3 Å². The van der Waals surface area contributed by atoms with Gasteiger partial charge in [0.2, 0.25) is 5.75 Å². The first-order valence-corrected chi connectivity index (χ1v) is 5.20. The Labute approximate surface area is 101 Å². The summed E-state index contributed by atoms with van der Waals surface area (Å²) in [5.41, 5.74) is 5.84. The summed E-state index contributed by atoms with van der Waals surface area (Å²) in [4.78, 5) is 0. The zero-order chi connectivity index (χ0) is 13.1. The van der Waals surface area contributed by atoms with Gasteiger partial charge >= 0.3 is 0 Å². The Kier molecular flexibility index (Phi) is 4.20. The normalized spacial score (nSPS) is 14.0. The fourth-order valence-corrected chi connectivity index (χ4v) is 1.50. The van der Waals surface area contributed by atoms with Gasteiger partial charge in [0.1, 0.15) is 0 Å². The molecule has 1 aromatic carbocycles. The Bertz CT molecular complexity index is 365. The number of nitrogens with two attached hydrogens (primary N) is 1. The van der Waals surface area contributed by atoms with Crippen LogP contribution in [0, 0.1) is 0 Å². The van der Waals surface area contributed by atoms with Crippen molar-refractivity contribution in [3.05, 3.63) is 17.7 Å². The maximum Gasteiger partial charge on any atom is 0.203 e. The second kappa shape index (κ2) is 5.25. The number of aliphatic hydroxyl groups excluding tert-OH is 1. The van der Waals surface area contributed by atoms with Crippen molar-refractivity contribution in [2.45, 2.75) is 12.5 Å². The van der Waals surface area contributed by atoms with Gasteiger partial charge in [-0.25, -0.2) is 0 Å². The lowest BCUT2D eigenvalue weighted by molar-refractivity contribution is 0.209. The van der Waals surface area contributed by atoms with Crippen molar-refractivity contribution in [2.75, 3.05) is 27.9 Å². The van der Waals surface area contributed by atoms with Gasteiger partial charge in [0.25, 0.3) is 0 Å². The highest BCUT2D eigenvalue weighted by Crippen LogP contribution is 2.40. The molecule has 0 bridgehead atoms. The first-order chi connectivity index (χ1) is 8.00. The maximum absolute atomic E-state index is 9.26. The van der Waals surface area contributed by atoms with E-state index in [9.17, 15) is 5.11 Å². The van der Waals surface area contributed by atoms with Crippen LogP contribution in [-0.4, -0.2) is 33.0 Å². The Balaban J connectivity index is 3.37. The summed E-state index contributed by atoms with van der Waals surface area (Å²) in [6, 6.07) is 3.47. The topological polar surface area (TPSA) is 73.9 Å². The number of hydrogen-bond acceptors (Lipinski definition) is 5. The van der Waals surface area contributed by atoms with Crippen LogP contribution in [0.2, 0.25) is 0 Å². The van der Waals surface area contributed by atoms with Crippen molar-refractivity contribution < 1.29 is 19.3 Å². The summed E-state index contributed by atoms with van der Waals surface area (Å²) in [5.74, 6) is 1.55. The van der Waals surface area contributed by atoms with E-state index in [4.69, 9.17) is 19.9 Å². The van der Waals surface area contributed by atoms with E-state index in [1.807, 2.05) is 0 Å². The third-order valence-electron chi connectivity index (χ3n) is 2.65. The fourth-order valence-electron chi connectivity index (χ4n) is 1.50. The summed E-state index contributed by atoms with van der Waals surface area (Å²) < 4.78 is 15.6. The summed E-state index contributed by atoms with van der Waals surface area (Å²) >= 11 is 0. The van der Waals surface area contributed by atoms with Crippen molar-refractivity contribution in [1.29, 1.82) is 0 Å². The van der Waals surface area contributed by atoms with Crippen LogP contribution in [0.3, 0.4) is 0 Å². The average Bonchev–Trinajstić information content (AvgIpc) is 2.36. The number of benzene rings is 1. The van der Waals surface area contributed by atoms with E-state index in [2.05, 4.69) is 0 Å². The molecule has 0 aromatic heterocycles. The van der Waals surface area contributed by atoms with Crippen LogP contribution in [0.4, 0.5) is 0 Å². The molecule has 0 saturated heterocycles. The minimum absolute atomic E-state index is 0.175. The van der Waals surface area contributed by atoms with Gasteiger partial charge in [0, 0.05) is 0 Å². The summed E-state index contributed by atoms with van der Waals surface area (Å²) in [5, 5.41) is 9.26. The molecule has 1 aromatic rings. The van der Waals surface area contributed by atoms with Crippen molar-refractivity contribution >= 4 is 0 Å². The predicted molar refractivity (Wildman–Crippen MR) is 64.7 cm³/mol. The smallest absolute Gasteiger partial charge is 0.203 e. The van der Waals surface area contributed by atoms with Crippen LogP contribution in [0.25, 0.3) is 0 Å². The van der Waals surface area contributed by atoms with Gasteiger partial charge in [-0.3, -0.25) is 0 Å². The van der Waals surface area contributed by atoms with Gasteiger partial charge in [0.05, 0.1) is 33.5 Å². The largest absolute Gasteiger partial charge is 0.493 e. The van der Waals surface area contributed by atoms with Crippen LogP contribution >= 0.6 is 0 Å². The quantitative estimate of drug-likeness (QED) is 0.800. The number of ether oxygens (including phenoxy) is 3. The molecular weight excluding hydrogens is 222 g/mol. The lowest BCUT2D eigenvalue weighted by Gasteiger charge is -2.24. The predicted octanol–water partition coefficient (Wildman–Crippen LogP) is 0.879. The molecule has 0 heterocycles. The van der Waals surface area contributed by atoms with Crippen LogP contribution in [0.1, 0.15) is 12.5 Å². The Morgan fingerprint density at radius 1 is 1.12 bits per heavy atom. The highest BCUT2D eigenvalue weighted by Gasteiger charge is 2.24. The van der Waals surface area contributed by atoms with E-state index in [0.717, 1.165) is 5.56 Å². The van der Waals surface area contributed by atoms with E-state index < -0.39 is 5.54 Å². The summed E-state index contributed by atoms with van der Waals surface area (Å²) in [6.45, 7) is 1.55. The zero-order valence-electron chi connectivity index (χ0n) is 10.6. The van der Waals surface area contributed by atoms with E-state index in [-0.39, 0.29) is 6.61 Å². The molecule has 5 nitrogen and oxygen atoms in total. The average molecular weight is 241 g/mol. The van der Waals surface area contributed by atoms with Crippen LogP contribution in [0.5, 0.6) is 17.2 Å². The SMILES string of the molecule is COc1cc(C(C)(N)CO)cc(OC)c1OC. The first kappa shape index (κ1) is 13.6. The molecule has 96 valence electrons. The third kappa shape index (κ3) is 2.62. The van der Waals surface area contributed by atoms with Gasteiger partial charge in [-0.05, 0) is 24.6 Å². The first-order valence-electron chi connectivity index (χ1n) is 5.20. The summed E-state index contributed by atoms with van der Waals surface area (Å²) in [7, 11) is 4.61. The molecular formula is C12H19NO4. The van der Waals surface area contributed by atoms with Gasteiger partial charge in [0.15, 0.2) is 11.5 Å². The van der Waals surface area contributed by atoms with Crippen LogP contribution in [-0.2, 0) is 5.54 Å². The lowest BCUT2D eigenvalue weighted by Crippen LogP contribution is -2.36. The highest BCUT2D eigenvalue weighted by molar-refractivity contribution is 5.55. The second-order valence-corrected chi connectivity index (χ2v) is 3.99. The van der Waals surface area contributed by atoms with Crippen molar-refractivity contribution in [3.8, 4) is 17.2 Å². The monoisotopic (exact) mass is 241 g/mol. The van der Waals surface area contributed by atoms with Crippen LogP contribution in [0.15, 0.2) is 12.1 Å². The van der Waals surface area contributed by atoms with Crippen LogP contribution < -0.4 is 19.9 Å².